The molecule has 3 aromatic carbocycles. The Morgan fingerprint density at radius 2 is 1.29 bits per heavy atom. The van der Waals surface area contributed by atoms with Gasteiger partial charge in [0.25, 0.3) is 5.91 Å². The molecule has 0 saturated carbocycles. The number of rotatable bonds is 3. The maximum atomic E-state index is 13.4. The first-order chi connectivity index (χ1) is 16.6. The molecule has 6 rings (SSSR count). The minimum Gasteiger partial charge on any atom is -0.274 e. The number of hydrogen-bond acceptors (Lipinski definition) is 4. The predicted molar refractivity (Wildman–Crippen MR) is 127 cm³/mol. The van der Waals surface area contributed by atoms with Gasteiger partial charge in [0.05, 0.1) is 28.9 Å². The van der Waals surface area contributed by atoms with E-state index in [0.29, 0.717) is 35.5 Å². The highest BCUT2D eigenvalue weighted by Gasteiger charge is 2.51. The van der Waals surface area contributed by atoms with E-state index in [0.717, 1.165) is 11.1 Å². The van der Waals surface area contributed by atoms with E-state index in [2.05, 4.69) is 0 Å². The Balaban J connectivity index is 1.46. The summed E-state index contributed by atoms with van der Waals surface area (Å²) >= 11 is 0. The van der Waals surface area contributed by atoms with Crippen LogP contribution in [-0.4, -0.2) is 27.5 Å². The lowest BCUT2D eigenvalue weighted by Gasteiger charge is -2.22. The highest BCUT2D eigenvalue weighted by atomic mass is 16.2. The fourth-order valence-electron chi connectivity index (χ4n) is 5.11. The summed E-state index contributed by atoms with van der Waals surface area (Å²) in [5.41, 5.74) is 4.26. The van der Waals surface area contributed by atoms with Crippen molar-refractivity contribution >= 4 is 23.4 Å². The van der Waals surface area contributed by atoms with E-state index >= 15 is 0 Å². The lowest BCUT2D eigenvalue weighted by molar-refractivity contribution is -0.122. The molecule has 1 aromatic heterocycles. The average molecular weight is 447 g/mol. The van der Waals surface area contributed by atoms with E-state index in [9.17, 15) is 14.4 Å². The van der Waals surface area contributed by atoms with Crippen LogP contribution >= 0.6 is 0 Å². The molecule has 2 heterocycles. The van der Waals surface area contributed by atoms with Gasteiger partial charge in [-0.1, -0.05) is 66.7 Å². The average Bonchev–Trinajstić information content (AvgIpc) is 3.38. The third-order valence-corrected chi connectivity index (χ3v) is 6.76. The second-order valence-corrected chi connectivity index (χ2v) is 8.69. The van der Waals surface area contributed by atoms with Crippen molar-refractivity contribution in [2.24, 2.45) is 11.8 Å². The summed E-state index contributed by atoms with van der Waals surface area (Å²) in [7, 11) is 0. The van der Waals surface area contributed by atoms with Gasteiger partial charge in [0.15, 0.2) is 0 Å². The summed E-state index contributed by atoms with van der Waals surface area (Å²) in [4.78, 5) is 41.5. The first-order valence-corrected chi connectivity index (χ1v) is 11.3. The van der Waals surface area contributed by atoms with Gasteiger partial charge in [-0.15, -0.1) is 0 Å². The van der Waals surface area contributed by atoms with E-state index in [-0.39, 0.29) is 17.7 Å². The van der Waals surface area contributed by atoms with Crippen LogP contribution in [0.2, 0.25) is 0 Å². The maximum Gasteiger partial charge on any atom is 0.278 e. The van der Waals surface area contributed by atoms with Gasteiger partial charge < -0.3 is 0 Å². The predicted octanol–water partition coefficient (Wildman–Crippen LogP) is 4.14. The maximum absolute atomic E-state index is 13.4. The molecule has 2 amide bonds. The molecule has 166 valence electrons. The Labute approximate surface area is 196 Å². The molecular weight excluding hydrogens is 426 g/mol. The molecule has 6 heteroatoms. The van der Waals surface area contributed by atoms with Gasteiger partial charge in [0, 0.05) is 23.1 Å². The van der Waals surface area contributed by atoms with Crippen molar-refractivity contribution in [3.63, 3.8) is 0 Å². The molecule has 2 unspecified atom stereocenters. The van der Waals surface area contributed by atoms with E-state index in [1.165, 1.54) is 9.58 Å². The Bertz CT molecular complexity index is 1410. The molecule has 0 bridgehead atoms. The zero-order chi connectivity index (χ0) is 23.2. The van der Waals surface area contributed by atoms with Crippen molar-refractivity contribution in [2.75, 3.05) is 4.90 Å². The van der Waals surface area contributed by atoms with Crippen LogP contribution < -0.4 is 4.90 Å². The molecule has 4 aromatic rings. The lowest BCUT2D eigenvalue weighted by atomic mass is 9.78. The lowest BCUT2D eigenvalue weighted by Crippen LogP contribution is -2.31. The molecule has 0 radical (unpaired) electrons. The van der Waals surface area contributed by atoms with Crippen molar-refractivity contribution in [1.29, 1.82) is 0 Å². The summed E-state index contributed by atoms with van der Waals surface area (Å²) in [6.07, 6.45) is 0.673. The Morgan fingerprint density at radius 1 is 0.735 bits per heavy atom. The van der Waals surface area contributed by atoms with Gasteiger partial charge >= 0.3 is 0 Å². The smallest absolute Gasteiger partial charge is 0.274 e. The third kappa shape index (κ3) is 3.10. The van der Waals surface area contributed by atoms with Gasteiger partial charge in [0.2, 0.25) is 11.8 Å². The van der Waals surface area contributed by atoms with Gasteiger partial charge in [-0.05, 0) is 30.7 Å². The second kappa shape index (κ2) is 7.92. The van der Waals surface area contributed by atoms with E-state index in [4.69, 9.17) is 5.10 Å². The minimum absolute atomic E-state index is 0.187. The molecule has 6 nitrogen and oxygen atoms in total. The van der Waals surface area contributed by atoms with Crippen molar-refractivity contribution in [1.82, 2.24) is 9.78 Å². The van der Waals surface area contributed by atoms with E-state index < -0.39 is 11.8 Å². The summed E-state index contributed by atoms with van der Waals surface area (Å²) < 4.78 is 1.44. The van der Waals surface area contributed by atoms with Crippen LogP contribution in [-0.2, 0) is 22.4 Å². The number of benzene rings is 3. The normalized spacial score (nSPS) is 19.1. The summed E-state index contributed by atoms with van der Waals surface area (Å²) in [6, 6.07) is 27.7. The number of para-hydroxylation sites is 1. The standard InChI is InChI=1S/C28H21N3O3/c32-26(19-12-6-2-7-13-19)31-24-17-22-21(16-23(24)25(29-31)18-10-4-1-5-11-18)27(33)30(28(22)34)20-14-8-3-9-15-20/h1-15,21-22H,16-17H2. The minimum atomic E-state index is -0.511. The zero-order valence-electron chi connectivity index (χ0n) is 18.3. The molecule has 34 heavy (non-hydrogen) atoms. The Kier molecular flexibility index (Phi) is 4.73. The number of anilines is 1. The van der Waals surface area contributed by atoms with Gasteiger partial charge in [-0.2, -0.15) is 9.78 Å². The number of carbonyl (C=O) groups excluding carboxylic acids is 3. The molecule has 1 aliphatic heterocycles. The number of carbonyl (C=O) groups is 3. The van der Waals surface area contributed by atoms with E-state index in [1.807, 2.05) is 66.7 Å². The molecule has 2 atom stereocenters. The largest absolute Gasteiger partial charge is 0.278 e. The van der Waals surface area contributed by atoms with Crippen molar-refractivity contribution in [2.45, 2.75) is 12.8 Å². The highest BCUT2D eigenvalue weighted by molar-refractivity contribution is 6.22. The summed E-state index contributed by atoms with van der Waals surface area (Å²) in [5.74, 6) is -1.62. The van der Waals surface area contributed by atoms with Crippen molar-refractivity contribution < 1.29 is 14.4 Å². The second-order valence-electron chi connectivity index (χ2n) is 8.69. The molecule has 1 saturated heterocycles. The first-order valence-electron chi connectivity index (χ1n) is 11.3. The Hall–Kier alpha value is -4.32. The van der Waals surface area contributed by atoms with Crippen LogP contribution in [0.3, 0.4) is 0 Å². The number of aromatic nitrogens is 2. The fraction of sp³-hybridized carbons (Fsp3) is 0.143. The first kappa shape index (κ1) is 20.3. The fourth-order valence-corrected chi connectivity index (χ4v) is 5.11. The Morgan fingerprint density at radius 3 is 1.94 bits per heavy atom. The van der Waals surface area contributed by atoms with Crippen molar-refractivity contribution in [3.8, 4) is 11.3 Å². The molecule has 1 aliphatic carbocycles. The number of hydrogen-bond donors (Lipinski definition) is 0. The van der Waals surface area contributed by atoms with Crippen LogP contribution in [0.25, 0.3) is 11.3 Å². The SMILES string of the molecule is O=C1C2Cc3c(-c4ccccc4)nn(C(=O)c4ccccc4)c3CC2C(=O)N1c1ccccc1. The topological polar surface area (TPSA) is 72.3 Å². The van der Waals surface area contributed by atoms with Crippen molar-refractivity contribution in [3.05, 3.63) is 108 Å². The molecular formula is C28H21N3O3. The number of fused-ring (bicyclic) bond motifs is 2. The van der Waals surface area contributed by atoms with Crippen LogP contribution in [0.4, 0.5) is 5.69 Å². The number of nitrogens with zero attached hydrogens (tertiary/aromatic N) is 3. The third-order valence-electron chi connectivity index (χ3n) is 6.76. The van der Waals surface area contributed by atoms with Gasteiger partial charge in [-0.25, -0.2) is 0 Å². The quantitative estimate of drug-likeness (QED) is 0.443. The monoisotopic (exact) mass is 447 g/mol. The van der Waals surface area contributed by atoms with Gasteiger partial charge in [0.1, 0.15) is 0 Å². The van der Waals surface area contributed by atoms with Gasteiger partial charge in [-0.3, -0.25) is 19.3 Å². The van der Waals surface area contributed by atoms with Crippen LogP contribution in [0.5, 0.6) is 0 Å². The summed E-state index contributed by atoms with van der Waals surface area (Å²) in [5, 5.41) is 4.72. The van der Waals surface area contributed by atoms with E-state index in [1.54, 1.807) is 24.3 Å². The van der Waals surface area contributed by atoms with Crippen LogP contribution in [0.15, 0.2) is 91.0 Å². The molecule has 2 aliphatic rings. The molecule has 0 N–H and O–H groups in total. The highest BCUT2D eigenvalue weighted by Crippen LogP contribution is 2.42. The number of imide groups is 1. The van der Waals surface area contributed by atoms with Crippen LogP contribution in [0, 0.1) is 11.8 Å². The number of amides is 2. The molecule has 1 fully saturated rings. The van der Waals surface area contributed by atoms with Crippen LogP contribution in [0.1, 0.15) is 21.6 Å². The molecule has 0 spiro atoms. The zero-order valence-corrected chi connectivity index (χ0v) is 18.3. The summed E-state index contributed by atoms with van der Waals surface area (Å²) in [6.45, 7) is 0.